The summed E-state index contributed by atoms with van der Waals surface area (Å²) in [5.74, 6) is -0.946. The molecule has 0 amide bonds. The number of carboxylic acid groups (broad SMARTS) is 1. The summed E-state index contributed by atoms with van der Waals surface area (Å²) < 4.78 is 1.06. The van der Waals surface area contributed by atoms with Gasteiger partial charge in [-0.2, -0.15) is 0 Å². The smallest absolute Gasteiger partial charge is 0.328 e. The quantitative estimate of drug-likeness (QED) is 0.809. The van der Waals surface area contributed by atoms with Crippen LogP contribution in [0.3, 0.4) is 0 Å². The van der Waals surface area contributed by atoms with Gasteiger partial charge in [0.1, 0.15) is 0 Å². The maximum absolute atomic E-state index is 10.5. The third kappa shape index (κ3) is 4.55. The van der Waals surface area contributed by atoms with E-state index in [1.807, 2.05) is 48.5 Å². The first kappa shape index (κ1) is 14.3. The number of nitrogens with one attached hydrogen (secondary N) is 1. The molecule has 102 valence electrons. The Bertz CT molecular complexity index is 621. The molecule has 0 fully saturated rings. The van der Waals surface area contributed by atoms with Gasteiger partial charge in [-0.1, -0.05) is 40.2 Å². The second-order valence-electron chi connectivity index (χ2n) is 4.28. The summed E-state index contributed by atoms with van der Waals surface area (Å²) >= 11 is 3.40. The van der Waals surface area contributed by atoms with Crippen LogP contribution in [0.25, 0.3) is 6.08 Å². The number of hydrogen-bond donors (Lipinski definition) is 2. The normalized spacial score (nSPS) is 10.7. The molecular weight excluding hydrogens is 318 g/mol. The summed E-state index contributed by atoms with van der Waals surface area (Å²) in [4.78, 5) is 10.5. The SMILES string of the molecule is O=C(O)C=Cc1cccc(NCc2ccc(Br)cc2)c1. The highest BCUT2D eigenvalue weighted by Crippen LogP contribution is 2.15. The van der Waals surface area contributed by atoms with Gasteiger partial charge in [0.25, 0.3) is 0 Å². The van der Waals surface area contributed by atoms with E-state index < -0.39 is 5.97 Å². The van der Waals surface area contributed by atoms with Crippen molar-refractivity contribution in [3.8, 4) is 0 Å². The first-order valence-electron chi connectivity index (χ1n) is 6.13. The van der Waals surface area contributed by atoms with Crippen molar-refractivity contribution in [2.24, 2.45) is 0 Å². The highest BCUT2D eigenvalue weighted by molar-refractivity contribution is 9.10. The lowest BCUT2D eigenvalue weighted by atomic mass is 10.1. The fourth-order valence-corrected chi connectivity index (χ4v) is 1.99. The number of anilines is 1. The summed E-state index contributed by atoms with van der Waals surface area (Å²) in [5, 5.41) is 11.9. The van der Waals surface area contributed by atoms with E-state index in [1.165, 1.54) is 5.56 Å². The first-order valence-corrected chi connectivity index (χ1v) is 6.92. The van der Waals surface area contributed by atoms with Gasteiger partial charge in [0, 0.05) is 22.8 Å². The lowest BCUT2D eigenvalue weighted by molar-refractivity contribution is -0.131. The average molecular weight is 332 g/mol. The average Bonchev–Trinajstić information content (AvgIpc) is 2.45. The topological polar surface area (TPSA) is 49.3 Å². The second-order valence-corrected chi connectivity index (χ2v) is 5.19. The molecule has 0 heterocycles. The van der Waals surface area contributed by atoms with Crippen molar-refractivity contribution >= 4 is 33.7 Å². The van der Waals surface area contributed by atoms with Gasteiger partial charge in [-0.25, -0.2) is 4.79 Å². The van der Waals surface area contributed by atoms with Crippen molar-refractivity contribution in [1.29, 1.82) is 0 Å². The molecule has 0 aliphatic heterocycles. The Labute approximate surface area is 126 Å². The van der Waals surface area contributed by atoms with Crippen molar-refractivity contribution in [2.75, 3.05) is 5.32 Å². The summed E-state index contributed by atoms with van der Waals surface area (Å²) in [6.07, 6.45) is 2.71. The fourth-order valence-electron chi connectivity index (χ4n) is 1.73. The number of aliphatic carboxylic acids is 1. The van der Waals surface area contributed by atoms with Crippen LogP contribution in [0.5, 0.6) is 0 Å². The Morgan fingerprint density at radius 1 is 1.20 bits per heavy atom. The summed E-state index contributed by atoms with van der Waals surface area (Å²) in [6.45, 7) is 0.722. The van der Waals surface area contributed by atoms with Crippen molar-refractivity contribution in [1.82, 2.24) is 0 Å². The van der Waals surface area contributed by atoms with Crippen LogP contribution in [0.1, 0.15) is 11.1 Å². The Balaban J connectivity index is 2.01. The van der Waals surface area contributed by atoms with Gasteiger partial charge in [-0.05, 0) is 41.5 Å². The van der Waals surface area contributed by atoms with Gasteiger partial charge in [0.15, 0.2) is 0 Å². The molecule has 0 atom stereocenters. The number of rotatable bonds is 5. The molecular formula is C16H14BrNO2. The Morgan fingerprint density at radius 3 is 2.65 bits per heavy atom. The van der Waals surface area contributed by atoms with Gasteiger partial charge >= 0.3 is 5.97 Å². The van der Waals surface area contributed by atoms with E-state index in [0.717, 1.165) is 28.3 Å². The van der Waals surface area contributed by atoms with E-state index in [9.17, 15) is 4.79 Å². The highest BCUT2D eigenvalue weighted by atomic mass is 79.9. The fraction of sp³-hybridized carbons (Fsp3) is 0.0625. The third-order valence-corrected chi connectivity index (χ3v) is 3.24. The van der Waals surface area contributed by atoms with Crippen molar-refractivity contribution in [3.63, 3.8) is 0 Å². The van der Waals surface area contributed by atoms with Gasteiger partial charge in [0.2, 0.25) is 0 Å². The predicted octanol–water partition coefficient (Wildman–Crippen LogP) is 4.16. The maximum Gasteiger partial charge on any atom is 0.328 e. The van der Waals surface area contributed by atoms with Gasteiger partial charge in [0.05, 0.1) is 0 Å². The Morgan fingerprint density at radius 2 is 1.95 bits per heavy atom. The zero-order valence-electron chi connectivity index (χ0n) is 10.7. The van der Waals surface area contributed by atoms with Gasteiger partial charge in [-0.15, -0.1) is 0 Å². The Hall–Kier alpha value is -2.07. The maximum atomic E-state index is 10.5. The molecule has 0 saturated heterocycles. The van der Waals surface area contributed by atoms with Crippen molar-refractivity contribution < 1.29 is 9.90 Å². The number of halogens is 1. The van der Waals surface area contributed by atoms with Crippen LogP contribution in [-0.2, 0) is 11.3 Å². The van der Waals surface area contributed by atoms with Crippen molar-refractivity contribution in [3.05, 3.63) is 70.2 Å². The molecule has 20 heavy (non-hydrogen) atoms. The molecule has 2 rings (SSSR count). The van der Waals surface area contributed by atoms with Gasteiger partial charge in [-0.3, -0.25) is 0 Å². The lowest BCUT2D eigenvalue weighted by Gasteiger charge is -2.07. The number of benzene rings is 2. The van der Waals surface area contributed by atoms with Crippen LogP contribution in [0.15, 0.2) is 59.1 Å². The van der Waals surface area contributed by atoms with Crippen LogP contribution in [-0.4, -0.2) is 11.1 Å². The minimum absolute atomic E-state index is 0.722. The van der Waals surface area contributed by atoms with Crippen LogP contribution in [0.2, 0.25) is 0 Å². The standard InChI is InChI=1S/C16H14BrNO2/c17-14-7-4-13(5-8-14)11-18-15-3-1-2-12(10-15)6-9-16(19)20/h1-10,18H,11H2,(H,19,20). The number of carboxylic acids is 1. The first-order chi connectivity index (χ1) is 9.63. The minimum Gasteiger partial charge on any atom is -0.478 e. The van der Waals surface area contributed by atoms with Gasteiger partial charge < -0.3 is 10.4 Å². The van der Waals surface area contributed by atoms with Crippen molar-refractivity contribution in [2.45, 2.75) is 6.54 Å². The largest absolute Gasteiger partial charge is 0.478 e. The summed E-state index contributed by atoms with van der Waals surface area (Å²) in [7, 11) is 0. The van der Waals surface area contributed by atoms with Crippen LogP contribution in [0, 0.1) is 0 Å². The van der Waals surface area contributed by atoms with Crippen LogP contribution in [0.4, 0.5) is 5.69 Å². The molecule has 0 unspecified atom stereocenters. The lowest BCUT2D eigenvalue weighted by Crippen LogP contribution is -1.99. The highest BCUT2D eigenvalue weighted by Gasteiger charge is 1.96. The molecule has 0 radical (unpaired) electrons. The van der Waals surface area contributed by atoms with Crippen LogP contribution >= 0.6 is 15.9 Å². The van der Waals surface area contributed by atoms with E-state index in [2.05, 4.69) is 21.2 Å². The monoisotopic (exact) mass is 331 g/mol. The molecule has 0 aliphatic carbocycles. The second kappa shape index (κ2) is 6.91. The predicted molar refractivity (Wildman–Crippen MR) is 84.6 cm³/mol. The number of hydrogen-bond acceptors (Lipinski definition) is 2. The molecule has 0 spiro atoms. The van der Waals surface area contributed by atoms with E-state index in [4.69, 9.17) is 5.11 Å². The summed E-state index contributed by atoms with van der Waals surface area (Å²) in [6, 6.07) is 15.7. The molecule has 4 heteroatoms. The van der Waals surface area contributed by atoms with Crippen LogP contribution < -0.4 is 5.32 Å². The molecule has 0 saturated carbocycles. The number of carbonyl (C=O) groups is 1. The zero-order chi connectivity index (χ0) is 14.4. The minimum atomic E-state index is -0.946. The van der Waals surface area contributed by atoms with E-state index in [1.54, 1.807) is 6.08 Å². The molecule has 0 aliphatic rings. The molecule has 0 bridgehead atoms. The molecule has 2 aromatic rings. The third-order valence-electron chi connectivity index (χ3n) is 2.71. The zero-order valence-corrected chi connectivity index (χ0v) is 12.3. The molecule has 0 aromatic heterocycles. The molecule has 2 aromatic carbocycles. The van der Waals surface area contributed by atoms with E-state index >= 15 is 0 Å². The Kier molecular flexibility index (Phi) is 4.96. The summed E-state index contributed by atoms with van der Waals surface area (Å²) in [5.41, 5.74) is 2.99. The van der Waals surface area contributed by atoms with E-state index in [-0.39, 0.29) is 0 Å². The van der Waals surface area contributed by atoms with E-state index in [0.29, 0.717) is 0 Å². The molecule has 2 N–H and O–H groups in total. The molecule has 3 nitrogen and oxygen atoms in total.